The molecule has 2 aliphatic rings. The van der Waals surface area contributed by atoms with Crippen molar-refractivity contribution in [3.8, 4) is 0 Å². The van der Waals surface area contributed by atoms with E-state index in [0.29, 0.717) is 18.0 Å². The van der Waals surface area contributed by atoms with E-state index in [0.717, 1.165) is 45.0 Å². The fraction of sp³-hybridized carbons (Fsp3) is 0.938. The van der Waals surface area contributed by atoms with Gasteiger partial charge in [0.25, 0.3) is 0 Å². The SMILES string of the molecule is CCNC(=NCC1(CO)CC1)NC1CN(C(C)C)CC1C. The van der Waals surface area contributed by atoms with Crippen LogP contribution in [0, 0.1) is 11.3 Å². The predicted octanol–water partition coefficient (Wildman–Crippen LogP) is 1.04. The summed E-state index contributed by atoms with van der Waals surface area (Å²) in [5.41, 5.74) is 0.0770. The molecule has 1 saturated heterocycles. The van der Waals surface area contributed by atoms with Crippen molar-refractivity contribution in [3.63, 3.8) is 0 Å². The van der Waals surface area contributed by atoms with Crippen LogP contribution in [-0.2, 0) is 0 Å². The van der Waals surface area contributed by atoms with Gasteiger partial charge in [0.05, 0.1) is 13.2 Å². The van der Waals surface area contributed by atoms with Crippen LogP contribution in [0.2, 0.25) is 0 Å². The van der Waals surface area contributed by atoms with Gasteiger partial charge in [0.15, 0.2) is 5.96 Å². The maximum Gasteiger partial charge on any atom is 0.191 e. The second kappa shape index (κ2) is 6.97. The van der Waals surface area contributed by atoms with Crippen molar-refractivity contribution in [2.45, 2.75) is 52.6 Å². The molecule has 5 nitrogen and oxygen atoms in total. The molecular weight excluding hydrogens is 264 g/mol. The minimum absolute atomic E-state index is 0.0770. The topological polar surface area (TPSA) is 59.9 Å². The maximum absolute atomic E-state index is 9.40. The van der Waals surface area contributed by atoms with Gasteiger partial charge >= 0.3 is 0 Å². The van der Waals surface area contributed by atoms with Crippen LogP contribution in [0.3, 0.4) is 0 Å². The first-order chi connectivity index (χ1) is 9.99. The largest absolute Gasteiger partial charge is 0.396 e. The van der Waals surface area contributed by atoms with Crippen LogP contribution in [0.25, 0.3) is 0 Å². The summed E-state index contributed by atoms with van der Waals surface area (Å²) in [6, 6.07) is 1.05. The van der Waals surface area contributed by atoms with Crippen LogP contribution >= 0.6 is 0 Å². The summed E-state index contributed by atoms with van der Waals surface area (Å²) in [4.78, 5) is 7.22. The van der Waals surface area contributed by atoms with Crippen LogP contribution < -0.4 is 10.6 Å². The van der Waals surface area contributed by atoms with Gasteiger partial charge < -0.3 is 15.7 Å². The lowest BCUT2D eigenvalue weighted by Gasteiger charge is -2.22. The average Bonchev–Trinajstić information content (AvgIpc) is 3.15. The van der Waals surface area contributed by atoms with E-state index in [1.54, 1.807) is 0 Å². The van der Waals surface area contributed by atoms with Crippen molar-refractivity contribution in [3.05, 3.63) is 0 Å². The Morgan fingerprint density at radius 2 is 2.10 bits per heavy atom. The van der Waals surface area contributed by atoms with E-state index in [4.69, 9.17) is 4.99 Å². The molecule has 1 aliphatic carbocycles. The molecule has 1 heterocycles. The van der Waals surface area contributed by atoms with Gasteiger partial charge in [-0.25, -0.2) is 0 Å². The lowest BCUT2D eigenvalue weighted by molar-refractivity contribution is 0.216. The lowest BCUT2D eigenvalue weighted by Crippen LogP contribution is -2.47. The van der Waals surface area contributed by atoms with E-state index in [1.165, 1.54) is 0 Å². The van der Waals surface area contributed by atoms with E-state index < -0.39 is 0 Å². The van der Waals surface area contributed by atoms with Gasteiger partial charge in [-0.3, -0.25) is 9.89 Å². The minimum Gasteiger partial charge on any atom is -0.396 e. The number of nitrogens with zero attached hydrogens (tertiary/aromatic N) is 2. The molecule has 3 N–H and O–H groups in total. The monoisotopic (exact) mass is 296 g/mol. The van der Waals surface area contributed by atoms with Crippen molar-refractivity contribution in [2.75, 3.05) is 32.8 Å². The van der Waals surface area contributed by atoms with E-state index in [9.17, 15) is 5.11 Å². The molecule has 0 bridgehead atoms. The molecular formula is C16H32N4O. The Balaban J connectivity index is 1.91. The summed E-state index contributed by atoms with van der Waals surface area (Å²) in [7, 11) is 0. The van der Waals surface area contributed by atoms with Gasteiger partial charge in [-0.15, -0.1) is 0 Å². The molecule has 0 amide bonds. The number of aliphatic hydroxyl groups is 1. The van der Waals surface area contributed by atoms with Crippen LogP contribution in [0.15, 0.2) is 4.99 Å². The highest BCUT2D eigenvalue weighted by Gasteiger charge is 2.42. The van der Waals surface area contributed by atoms with Crippen molar-refractivity contribution < 1.29 is 5.11 Å². The minimum atomic E-state index is 0.0770. The van der Waals surface area contributed by atoms with E-state index in [-0.39, 0.29) is 12.0 Å². The Labute approximate surface area is 129 Å². The van der Waals surface area contributed by atoms with E-state index >= 15 is 0 Å². The third-order valence-electron chi connectivity index (χ3n) is 4.90. The standard InChI is InChI=1S/C16H32N4O/c1-5-17-15(18-10-16(11-21)6-7-16)19-14-9-20(12(2)3)8-13(14)4/h12-14,21H,5-11H2,1-4H3,(H2,17,18,19). The van der Waals surface area contributed by atoms with Crippen LogP contribution in [0.5, 0.6) is 0 Å². The lowest BCUT2D eigenvalue weighted by atomic mass is 10.1. The predicted molar refractivity (Wildman–Crippen MR) is 87.5 cm³/mol. The number of hydrogen-bond donors (Lipinski definition) is 3. The number of rotatable bonds is 6. The molecule has 5 heteroatoms. The normalized spacial score (nSPS) is 29.0. The van der Waals surface area contributed by atoms with Crippen LogP contribution in [-0.4, -0.2) is 60.8 Å². The van der Waals surface area contributed by atoms with Crippen molar-refractivity contribution in [1.82, 2.24) is 15.5 Å². The molecule has 122 valence electrons. The highest BCUT2D eigenvalue weighted by atomic mass is 16.3. The molecule has 2 rings (SSSR count). The van der Waals surface area contributed by atoms with Gasteiger partial charge in [0, 0.05) is 37.1 Å². The second-order valence-corrected chi connectivity index (χ2v) is 7.13. The molecule has 1 aliphatic heterocycles. The molecule has 1 saturated carbocycles. The number of nitrogens with one attached hydrogen (secondary N) is 2. The third-order valence-corrected chi connectivity index (χ3v) is 4.90. The zero-order valence-electron chi connectivity index (χ0n) is 14.0. The number of hydrogen-bond acceptors (Lipinski definition) is 3. The first kappa shape index (κ1) is 16.6. The van der Waals surface area contributed by atoms with Crippen LogP contribution in [0.4, 0.5) is 0 Å². The summed E-state index contributed by atoms with van der Waals surface area (Å²) in [6.45, 7) is 13.0. The fourth-order valence-electron chi connectivity index (χ4n) is 2.90. The maximum atomic E-state index is 9.40. The van der Waals surface area contributed by atoms with Gasteiger partial charge in [-0.1, -0.05) is 6.92 Å². The molecule has 2 unspecified atom stereocenters. The second-order valence-electron chi connectivity index (χ2n) is 7.13. The quantitative estimate of drug-likeness (QED) is 0.506. The van der Waals surface area contributed by atoms with E-state index in [1.807, 2.05) is 0 Å². The zero-order chi connectivity index (χ0) is 15.5. The van der Waals surface area contributed by atoms with Gasteiger partial charge in [-0.05, 0) is 39.5 Å². The molecule has 0 aromatic heterocycles. The highest BCUT2D eigenvalue weighted by Crippen LogP contribution is 2.45. The van der Waals surface area contributed by atoms with Crippen LogP contribution in [0.1, 0.15) is 40.5 Å². The number of aliphatic imine (C=N–C) groups is 1. The smallest absolute Gasteiger partial charge is 0.191 e. The summed E-state index contributed by atoms with van der Waals surface area (Å²) in [6.07, 6.45) is 2.21. The van der Waals surface area contributed by atoms with Crippen molar-refractivity contribution >= 4 is 5.96 Å². The first-order valence-corrected chi connectivity index (χ1v) is 8.39. The molecule has 0 radical (unpaired) electrons. The zero-order valence-corrected chi connectivity index (χ0v) is 14.0. The van der Waals surface area contributed by atoms with E-state index in [2.05, 4.69) is 43.2 Å². The van der Waals surface area contributed by atoms with Gasteiger partial charge in [0.2, 0.25) is 0 Å². The molecule has 0 spiro atoms. The Hall–Kier alpha value is -0.810. The average molecular weight is 296 g/mol. The highest BCUT2D eigenvalue weighted by molar-refractivity contribution is 5.80. The summed E-state index contributed by atoms with van der Waals surface area (Å²) in [5.74, 6) is 1.53. The third kappa shape index (κ3) is 4.33. The molecule has 2 atom stereocenters. The Bertz CT molecular complexity index is 365. The molecule has 2 fully saturated rings. The summed E-state index contributed by atoms with van der Waals surface area (Å²) in [5, 5.41) is 16.3. The molecule has 0 aromatic carbocycles. The molecule has 21 heavy (non-hydrogen) atoms. The van der Waals surface area contributed by atoms with Crippen molar-refractivity contribution in [1.29, 1.82) is 0 Å². The number of likely N-dealkylation sites (tertiary alicyclic amines) is 1. The van der Waals surface area contributed by atoms with Gasteiger partial charge in [-0.2, -0.15) is 0 Å². The molecule has 0 aromatic rings. The number of guanidine groups is 1. The van der Waals surface area contributed by atoms with Gasteiger partial charge in [0.1, 0.15) is 0 Å². The Kier molecular flexibility index (Phi) is 5.49. The summed E-state index contributed by atoms with van der Waals surface area (Å²) < 4.78 is 0. The summed E-state index contributed by atoms with van der Waals surface area (Å²) >= 11 is 0. The Morgan fingerprint density at radius 3 is 2.57 bits per heavy atom. The number of aliphatic hydroxyl groups excluding tert-OH is 1. The van der Waals surface area contributed by atoms with Crippen molar-refractivity contribution in [2.24, 2.45) is 16.3 Å². The fourth-order valence-corrected chi connectivity index (χ4v) is 2.90. The Morgan fingerprint density at radius 1 is 1.38 bits per heavy atom. The first-order valence-electron chi connectivity index (χ1n) is 8.39.